The molecule has 1 fully saturated rings. The van der Waals surface area contributed by atoms with E-state index < -0.39 is 5.97 Å². The minimum Gasteiger partial charge on any atom is -0.477 e. The van der Waals surface area contributed by atoms with Crippen molar-refractivity contribution in [2.45, 2.75) is 18.9 Å². The van der Waals surface area contributed by atoms with E-state index in [1.807, 2.05) is 0 Å². The average molecular weight is 264 g/mol. The molecule has 18 heavy (non-hydrogen) atoms. The minimum absolute atomic E-state index is 0.0391. The lowest BCUT2D eigenvalue weighted by Gasteiger charge is -2.13. The molecule has 1 aromatic carbocycles. The van der Waals surface area contributed by atoms with Crippen LogP contribution in [-0.4, -0.2) is 15.6 Å². The van der Waals surface area contributed by atoms with E-state index in [0.29, 0.717) is 15.9 Å². The van der Waals surface area contributed by atoms with Gasteiger partial charge in [-0.3, -0.25) is 4.79 Å². The molecular formula is C13H10ClNO3. The summed E-state index contributed by atoms with van der Waals surface area (Å²) in [4.78, 5) is 23.1. The molecule has 92 valence electrons. The maximum atomic E-state index is 11.9. The fourth-order valence-corrected chi connectivity index (χ4v) is 2.37. The Balaban J connectivity index is 2.46. The molecule has 0 amide bonds. The van der Waals surface area contributed by atoms with Crippen LogP contribution >= 0.6 is 11.6 Å². The zero-order chi connectivity index (χ0) is 12.9. The Kier molecular flexibility index (Phi) is 2.41. The van der Waals surface area contributed by atoms with Crippen LogP contribution in [0.2, 0.25) is 5.02 Å². The Bertz CT molecular complexity index is 716. The average Bonchev–Trinajstić information content (AvgIpc) is 3.12. The molecule has 4 nitrogen and oxygen atoms in total. The second-order valence-electron chi connectivity index (χ2n) is 4.46. The van der Waals surface area contributed by atoms with E-state index in [2.05, 4.69) is 0 Å². The van der Waals surface area contributed by atoms with Gasteiger partial charge in [0.05, 0.1) is 5.52 Å². The van der Waals surface area contributed by atoms with Crippen LogP contribution in [0.1, 0.15) is 29.4 Å². The van der Waals surface area contributed by atoms with Crippen molar-refractivity contribution in [1.29, 1.82) is 0 Å². The normalized spacial score (nSPS) is 14.9. The van der Waals surface area contributed by atoms with Gasteiger partial charge in [0.2, 0.25) is 0 Å². The summed E-state index contributed by atoms with van der Waals surface area (Å²) in [7, 11) is 0. The zero-order valence-electron chi connectivity index (χ0n) is 9.39. The van der Waals surface area contributed by atoms with Crippen molar-refractivity contribution in [3.8, 4) is 0 Å². The van der Waals surface area contributed by atoms with Gasteiger partial charge in [0.1, 0.15) is 5.69 Å². The SMILES string of the molecule is O=C(O)c1cc(=O)c2ccc(Cl)cc2n1C1CC1. The molecule has 0 saturated heterocycles. The van der Waals surface area contributed by atoms with Crippen LogP contribution in [-0.2, 0) is 0 Å². The number of aromatic nitrogens is 1. The van der Waals surface area contributed by atoms with Gasteiger partial charge in [-0.05, 0) is 31.0 Å². The van der Waals surface area contributed by atoms with Crippen molar-refractivity contribution in [3.63, 3.8) is 0 Å². The van der Waals surface area contributed by atoms with Gasteiger partial charge in [-0.15, -0.1) is 0 Å². The lowest BCUT2D eigenvalue weighted by Crippen LogP contribution is -2.17. The molecule has 1 heterocycles. The molecule has 0 bridgehead atoms. The van der Waals surface area contributed by atoms with Gasteiger partial charge in [-0.25, -0.2) is 4.79 Å². The van der Waals surface area contributed by atoms with Crippen molar-refractivity contribution in [3.05, 3.63) is 45.2 Å². The van der Waals surface area contributed by atoms with Crippen LogP contribution in [0.5, 0.6) is 0 Å². The number of nitrogens with zero attached hydrogens (tertiary/aromatic N) is 1. The van der Waals surface area contributed by atoms with Crippen molar-refractivity contribution in [2.24, 2.45) is 0 Å². The fraction of sp³-hybridized carbons (Fsp3) is 0.231. The summed E-state index contributed by atoms with van der Waals surface area (Å²) in [5, 5.41) is 10.2. The first-order chi connectivity index (χ1) is 8.58. The first kappa shape index (κ1) is 11.3. The van der Waals surface area contributed by atoms with E-state index in [1.165, 1.54) is 6.07 Å². The summed E-state index contributed by atoms with van der Waals surface area (Å²) < 4.78 is 1.71. The number of pyridine rings is 1. The van der Waals surface area contributed by atoms with Crippen LogP contribution in [0.4, 0.5) is 0 Å². The Morgan fingerprint density at radius 1 is 1.33 bits per heavy atom. The number of fused-ring (bicyclic) bond motifs is 1. The summed E-state index contributed by atoms with van der Waals surface area (Å²) in [6.45, 7) is 0. The second kappa shape index (κ2) is 3.85. The molecule has 3 rings (SSSR count). The van der Waals surface area contributed by atoms with Gasteiger partial charge in [0.25, 0.3) is 0 Å². The number of hydrogen-bond acceptors (Lipinski definition) is 2. The van der Waals surface area contributed by atoms with Crippen LogP contribution in [0, 0.1) is 0 Å². The van der Waals surface area contributed by atoms with Crippen molar-refractivity contribution in [2.75, 3.05) is 0 Å². The molecule has 1 N–H and O–H groups in total. The van der Waals surface area contributed by atoms with Crippen molar-refractivity contribution >= 4 is 28.5 Å². The molecular weight excluding hydrogens is 254 g/mol. The predicted molar refractivity (Wildman–Crippen MR) is 68.4 cm³/mol. The molecule has 0 radical (unpaired) electrons. The highest BCUT2D eigenvalue weighted by Crippen LogP contribution is 2.38. The number of benzene rings is 1. The number of hydrogen-bond donors (Lipinski definition) is 1. The third-order valence-corrected chi connectivity index (χ3v) is 3.38. The Labute approximate surface area is 107 Å². The Morgan fingerprint density at radius 3 is 2.67 bits per heavy atom. The summed E-state index contributed by atoms with van der Waals surface area (Å²) in [5.41, 5.74) is 0.364. The van der Waals surface area contributed by atoms with Crippen LogP contribution in [0.3, 0.4) is 0 Å². The van der Waals surface area contributed by atoms with E-state index in [9.17, 15) is 14.7 Å². The first-order valence-corrected chi connectivity index (χ1v) is 6.04. The monoisotopic (exact) mass is 263 g/mol. The van der Waals surface area contributed by atoms with E-state index in [0.717, 1.165) is 12.8 Å². The van der Waals surface area contributed by atoms with E-state index in [4.69, 9.17) is 11.6 Å². The summed E-state index contributed by atoms with van der Waals surface area (Å²) in [6.07, 6.45) is 1.87. The third-order valence-electron chi connectivity index (χ3n) is 3.14. The quantitative estimate of drug-likeness (QED) is 0.906. The molecule has 5 heteroatoms. The molecule has 1 saturated carbocycles. The molecule has 2 aromatic rings. The number of carbonyl (C=O) groups is 1. The summed E-state index contributed by atoms with van der Waals surface area (Å²) >= 11 is 5.94. The number of rotatable bonds is 2. The van der Waals surface area contributed by atoms with Crippen molar-refractivity contribution < 1.29 is 9.90 Å². The highest BCUT2D eigenvalue weighted by atomic mass is 35.5. The first-order valence-electron chi connectivity index (χ1n) is 5.66. The van der Waals surface area contributed by atoms with Gasteiger partial charge in [-0.1, -0.05) is 11.6 Å². The number of aromatic carboxylic acids is 1. The Hall–Kier alpha value is -1.81. The van der Waals surface area contributed by atoms with E-state index in [1.54, 1.807) is 22.8 Å². The van der Waals surface area contributed by atoms with Crippen LogP contribution in [0.15, 0.2) is 29.1 Å². The predicted octanol–water partition coefficient (Wildman–Crippen LogP) is 2.69. The number of carboxylic acids is 1. The van der Waals surface area contributed by atoms with E-state index in [-0.39, 0.29) is 17.2 Å². The van der Waals surface area contributed by atoms with E-state index >= 15 is 0 Å². The Morgan fingerprint density at radius 2 is 2.06 bits per heavy atom. The maximum absolute atomic E-state index is 11.9. The number of carboxylic acid groups (broad SMARTS) is 1. The van der Waals surface area contributed by atoms with Gasteiger partial charge in [-0.2, -0.15) is 0 Å². The van der Waals surface area contributed by atoms with Crippen LogP contribution in [0.25, 0.3) is 10.9 Å². The number of halogens is 1. The minimum atomic E-state index is -1.08. The zero-order valence-corrected chi connectivity index (χ0v) is 10.1. The molecule has 0 atom stereocenters. The standard InChI is InChI=1S/C13H10ClNO3/c14-7-1-4-9-10(5-7)15(8-2-3-8)11(13(17)18)6-12(9)16/h1,4-6,8H,2-3H2,(H,17,18). The second-order valence-corrected chi connectivity index (χ2v) is 4.90. The highest BCUT2D eigenvalue weighted by Gasteiger charge is 2.29. The van der Waals surface area contributed by atoms with Gasteiger partial charge in [0.15, 0.2) is 5.43 Å². The topological polar surface area (TPSA) is 59.3 Å². The molecule has 1 aliphatic carbocycles. The molecule has 0 unspecified atom stereocenters. The smallest absolute Gasteiger partial charge is 0.352 e. The van der Waals surface area contributed by atoms with Crippen molar-refractivity contribution in [1.82, 2.24) is 4.57 Å². The third kappa shape index (κ3) is 1.69. The largest absolute Gasteiger partial charge is 0.477 e. The lowest BCUT2D eigenvalue weighted by molar-refractivity contribution is 0.0684. The lowest BCUT2D eigenvalue weighted by atomic mass is 10.1. The fourth-order valence-electron chi connectivity index (χ4n) is 2.20. The molecule has 0 aliphatic heterocycles. The van der Waals surface area contributed by atoms with Gasteiger partial charge in [0, 0.05) is 22.5 Å². The highest BCUT2D eigenvalue weighted by molar-refractivity contribution is 6.31. The van der Waals surface area contributed by atoms with Crippen LogP contribution < -0.4 is 5.43 Å². The molecule has 1 aliphatic rings. The maximum Gasteiger partial charge on any atom is 0.352 e. The van der Waals surface area contributed by atoms with Gasteiger partial charge >= 0.3 is 5.97 Å². The summed E-state index contributed by atoms with van der Waals surface area (Å²) in [6, 6.07) is 6.30. The summed E-state index contributed by atoms with van der Waals surface area (Å²) in [5.74, 6) is -1.08. The molecule has 1 aromatic heterocycles. The molecule has 0 spiro atoms. The van der Waals surface area contributed by atoms with Gasteiger partial charge < -0.3 is 9.67 Å².